The SMILES string of the molecule is COc1ccc(Cl)cc1CC(O)c1ccc(Cl)nc1. The van der Waals surface area contributed by atoms with Crippen molar-refractivity contribution >= 4 is 23.2 Å². The third-order valence-electron chi connectivity index (χ3n) is 2.79. The van der Waals surface area contributed by atoms with E-state index in [0.29, 0.717) is 27.9 Å². The molecule has 0 saturated heterocycles. The maximum Gasteiger partial charge on any atom is 0.129 e. The Morgan fingerprint density at radius 1 is 1.26 bits per heavy atom. The normalized spacial score (nSPS) is 12.2. The predicted octanol–water partition coefficient (Wildman–Crippen LogP) is 3.67. The van der Waals surface area contributed by atoms with Gasteiger partial charge in [0.05, 0.1) is 13.2 Å². The molecule has 100 valence electrons. The molecule has 1 N–H and O–H groups in total. The van der Waals surface area contributed by atoms with Crippen LogP contribution >= 0.6 is 23.2 Å². The van der Waals surface area contributed by atoms with E-state index < -0.39 is 6.10 Å². The summed E-state index contributed by atoms with van der Waals surface area (Å²) in [6.07, 6.45) is 1.27. The molecule has 1 unspecified atom stereocenters. The molecule has 0 aliphatic rings. The molecule has 0 aliphatic carbocycles. The summed E-state index contributed by atoms with van der Waals surface area (Å²) in [4.78, 5) is 3.95. The van der Waals surface area contributed by atoms with Crippen LogP contribution in [0.5, 0.6) is 5.75 Å². The van der Waals surface area contributed by atoms with E-state index in [1.54, 1.807) is 43.6 Å². The van der Waals surface area contributed by atoms with Crippen molar-refractivity contribution in [2.24, 2.45) is 0 Å². The highest BCUT2D eigenvalue weighted by atomic mass is 35.5. The van der Waals surface area contributed by atoms with Crippen molar-refractivity contribution in [3.8, 4) is 5.75 Å². The smallest absolute Gasteiger partial charge is 0.129 e. The van der Waals surface area contributed by atoms with Crippen LogP contribution in [0, 0.1) is 0 Å². The number of nitrogens with zero attached hydrogens (tertiary/aromatic N) is 1. The Labute approximate surface area is 121 Å². The van der Waals surface area contributed by atoms with Crippen molar-refractivity contribution in [3.05, 3.63) is 57.8 Å². The van der Waals surface area contributed by atoms with E-state index in [2.05, 4.69) is 4.98 Å². The van der Waals surface area contributed by atoms with Crippen LogP contribution in [0.25, 0.3) is 0 Å². The van der Waals surface area contributed by atoms with Gasteiger partial charge in [-0.1, -0.05) is 29.3 Å². The highest BCUT2D eigenvalue weighted by Crippen LogP contribution is 2.27. The summed E-state index contributed by atoms with van der Waals surface area (Å²) in [6, 6.07) is 8.71. The quantitative estimate of drug-likeness (QED) is 0.876. The summed E-state index contributed by atoms with van der Waals surface area (Å²) in [7, 11) is 1.59. The molecule has 0 spiro atoms. The number of aliphatic hydroxyl groups excluding tert-OH is 1. The van der Waals surface area contributed by atoms with Gasteiger partial charge in [-0.25, -0.2) is 4.98 Å². The maximum atomic E-state index is 10.2. The molecule has 19 heavy (non-hydrogen) atoms. The Hall–Kier alpha value is -1.29. The van der Waals surface area contributed by atoms with E-state index in [4.69, 9.17) is 27.9 Å². The summed E-state index contributed by atoms with van der Waals surface area (Å²) in [6.45, 7) is 0. The van der Waals surface area contributed by atoms with E-state index >= 15 is 0 Å². The average Bonchev–Trinajstić information content (AvgIpc) is 2.39. The molecule has 0 amide bonds. The number of halogens is 2. The fourth-order valence-corrected chi connectivity index (χ4v) is 2.12. The lowest BCUT2D eigenvalue weighted by atomic mass is 10.0. The number of aromatic nitrogens is 1. The molecule has 2 aromatic rings. The second-order valence-electron chi connectivity index (χ2n) is 4.09. The van der Waals surface area contributed by atoms with Crippen LogP contribution in [0.3, 0.4) is 0 Å². The summed E-state index contributed by atoms with van der Waals surface area (Å²) >= 11 is 11.7. The Bertz CT molecular complexity index is 558. The molecule has 5 heteroatoms. The molecule has 0 fully saturated rings. The first-order chi connectivity index (χ1) is 9.10. The van der Waals surface area contributed by atoms with E-state index in [-0.39, 0.29) is 0 Å². The number of pyridine rings is 1. The first-order valence-electron chi connectivity index (χ1n) is 5.72. The summed E-state index contributed by atoms with van der Waals surface area (Å²) in [5, 5.41) is 11.2. The standard InChI is InChI=1S/C14H13Cl2NO2/c1-19-13-4-3-11(15)6-10(13)7-12(18)9-2-5-14(16)17-8-9/h2-6,8,12,18H,7H2,1H3. The fraction of sp³-hybridized carbons (Fsp3) is 0.214. The second-order valence-corrected chi connectivity index (χ2v) is 4.91. The molecule has 1 heterocycles. The number of aliphatic hydroxyl groups is 1. The van der Waals surface area contributed by atoms with Crippen LogP contribution in [0.2, 0.25) is 10.2 Å². The number of rotatable bonds is 4. The third-order valence-corrected chi connectivity index (χ3v) is 3.25. The molecule has 0 bridgehead atoms. The topological polar surface area (TPSA) is 42.4 Å². The zero-order valence-corrected chi connectivity index (χ0v) is 11.8. The van der Waals surface area contributed by atoms with Gasteiger partial charge in [0.2, 0.25) is 0 Å². The molecular formula is C14H13Cl2NO2. The lowest BCUT2D eigenvalue weighted by molar-refractivity contribution is 0.177. The van der Waals surface area contributed by atoms with Gasteiger partial charge in [-0.3, -0.25) is 0 Å². The molecule has 1 atom stereocenters. The largest absolute Gasteiger partial charge is 0.496 e. The molecule has 0 saturated carbocycles. The number of methoxy groups -OCH3 is 1. The number of benzene rings is 1. The van der Waals surface area contributed by atoms with Crippen molar-refractivity contribution in [3.63, 3.8) is 0 Å². The monoisotopic (exact) mass is 297 g/mol. The van der Waals surface area contributed by atoms with Crippen molar-refractivity contribution in [2.75, 3.05) is 7.11 Å². The third kappa shape index (κ3) is 3.60. The van der Waals surface area contributed by atoms with Crippen LogP contribution in [0.1, 0.15) is 17.2 Å². The summed E-state index contributed by atoms with van der Waals surface area (Å²) in [5.74, 6) is 0.699. The average molecular weight is 298 g/mol. The first kappa shape index (κ1) is 14.1. The molecule has 0 radical (unpaired) electrons. The first-order valence-corrected chi connectivity index (χ1v) is 6.47. The molecular weight excluding hydrogens is 285 g/mol. The second kappa shape index (κ2) is 6.24. The zero-order valence-electron chi connectivity index (χ0n) is 10.3. The van der Waals surface area contributed by atoms with E-state index in [0.717, 1.165) is 5.56 Å². The molecule has 2 rings (SSSR count). The van der Waals surface area contributed by atoms with Gasteiger partial charge in [0.1, 0.15) is 10.9 Å². The van der Waals surface area contributed by atoms with Gasteiger partial charge in [-0.05, 0) is 35.4 Å². The summed E-state index contributed by atoms with van der Waals surface area (Å²) < 4.78 is 5.25. The van der Waals surface area contributed by atoms with Crippen molar-refractivity contribution in [1.82, 2.24) is 4.98 Å². The highest BCUT2D eigenvalue weighted by Gasteiger charge is 2.13. The molecule has 0 aliphatic heterocycles. The Morgan fingerprint density at radius 3 is 2.68 bits per heavy atom. The van der Waals surface area contributed by atoms with Crippen molar-refractivity contribution < 1.29 is 9.84 Å². The lowest BCUT2D eigenvalue weighted by Crippen LogP contribution is -2.04. The van der Waals surface area contributed by atoms with E-state index in [9.17, 15) is 5.11 Å². The van der Waals surface area contributed by atoms with Crippen molar-refractivity contribution in [2.45, 2.75) is 12.5 Å². The van der Waals surface area contributed by atoms with E-state index in [1.165, 1.54) is 0 Å². The molecule has 1 aromatic heterocycles. The minimum absolute atomic E-state index is 0.396. The van der Waals surface area contributed by atoms with Gasteiger partial charge in [0.25, 0.3) is 0 Å². The minimum atomic E-state index is -0.683. The van der Waals surface area contributed by atoms with Gasteiger partial charge in [0.15, 0.2) is 0 Å². The zero-order chi connectivity index (χ0) is 13.8. The van der Waals surface area contributed by atoms with Crippen LogP contribution in [0.15, 0.2) is 36.5 Å². The Balaban J connectivity index is 2.20. The van der Waals surface area contributed by atoms with Crippen LogP contribution in [-0.2, 0) is 6.42 Å². The number of hydrogen-bond donors (Lipinski definition) is 1. The molecule has 1 aromatic carbocycles. The van der Waals surface area contributed by atoms with Crippen LogP contribution < -0.4 is 4.74 Å². The Kier molecular flexibility index (Phi) is 4.64. The molecule has 3 nitrogen and oxygen atoms in total. The van der Waals surface area contributed by atoms with Gasteiger partial charge in [-0.15, -0.1) is 0 Å². The van der Waals surface area contributed by atoms with E-state index in [1.807, 2.05) is 0 Å². The van der Waals surface area contributed by atoms with Crippen LogP contribution in [-0.4, -0.2) is 17.2 Å². The Morgan fingerprint density at radius 2 is 2.05 bits per heavy atom. The van der Waals surface area contributed by atoms with Crippen LogP contribution in [0.4, 0.5) is 0 Å². The highest BCUT2D eigenvalue weighted by molar-refractivity contribution is 6.30. The fourth-order valence-electron chi connectivity index (χ4n) is 1.82. The van der Waals surface area contributed by atoms with Gasteiger partial charge >= 0.3 is 0 Å². The van der Waals surface area contributed by atoms with Gasteiger partial charge in [-0.2, -0.15) is 0 Å². The predicted molar refractivity (Wildman–Crippen MR) is 75.9 cm³/mol. The van der Waals surface area contributed by atoms with Crippen molar-refractivity contribution in [1.29, 1.82) is 0 Å². The maximum absolute atomic E-state index is 10.2. The van der Waals surface area contributed by atoms with Gasteiger partial charge in [0, 0.05) is 17.6 Å². The number of ether oxygens (including phenoxy) is 1. The lowest BCUT2D eigenvalue weighted by Gasteiger charge is -2.14. The number of hydrogen-bond acceptors (Lipinski definition) is 3. The minimum Gasteiger partial charge on any atom is -0.496 e. The van der Waals surface area contributed by atoms with Gasteiger partial charge < -0.3 is 9.84 Å². The summed E-state index contributed by atoms with van der Waals surface area (Å²) in [5.41, 5.74) is 1.55.